The van der Waals surface area contributed by atoms with Gasteiger partial charge in [0.2, 0.25) is 0 Å². The lowest BCUT2D eigenvalue weighted by Gasteiger charge is -2.58. The molecule has 0 aromatic carbocycles. The Morgan fingerprint density at radius 3 is 2.34 bits per heavy atom. The Labute approximate surface area is 174 Å². The van der Waals surface area contributed by atoms with Crippen LogP contribution in [-0.4, -0.2) is 22.0 Å². The smallest absolute Gasteiger partial charge is 0.309 e. The molecule has 0 aliphatic heterocycles. The Hall–Kier alpha value is -1.32. The van der Waals surface area contributed by atoms with E-state index in [0.717, 1.165) is 67.9 Å². The summed E-state index contributed by atoms with van der Waals surface area (Å²) >= 11 is 0. The third-order valence-corrected chi connectivity index (χ3v) is 10.3. The molecule has 9 atom stereocenters. The SMILES string of the molecule is C=C(C)C1CCC2(C(=O)O)CC[C@@H]3C(CCC4[C@H]5CC/C(=N\O)CC5CC[C@H]43)C12. The maximum absolute atomic E-state index is 12.5. The summed E-state index contributed by atoms with van der Waals surface area (Å²) in [5.74, 6) is 4.62. The van der Waals surface area contributed by atoms with Gasteiger partial charge in [0, 0.05) is 0 Å². The van der Waals surface area contributed by atoms with Crippen molar-refractivity contribution in [1.82, 2.24) is 0 Å². The molecule has 0 saturated heterocycles. The highest BCUT2D eigenvalue weighted by atomic mass is 16.4. The lowest BCUT2D eigenvalue weighted by Crippen LogP contribution is -2.53. The van der Waals surface area contributed by atoms with Crippen molar-refractivity contribution in [2.75, 3.05) is 0 Å². The minimum atomic E-state index is -0.529. The number of carbonyl (C=O) groups is 1. The zero-order chi connectivity index (χ0) is 20.3. The first-order valence-corrected chi connectivity index (χ1v) is 12.0. The summed E-state index contributed by atoms with van der Waals surface area (Å²) in [5, 5.41) is 23.0. The molecule has 5 saturated carbocycles. The Kier molecular flexibility index (Phi) is 4.83. The monoisotopic (exact) mass is 399 g/mol. The first kappa shape index (κ1) is 19.6. The third-order valence-electron chi connectivity index (χ3n) is 10.3. The average Bonchev–Trinajstić information content (AvgIpc) is 3.14. The highest BCUT2D eigenvalue weighted by Crippen LogP contribution is 2.66. The molecule has 5 aliphatic carbocycles. The van der Waals surface area contributed by atoms with E-state index in [9.17, 15) is 15.1 Å². The maximum atomic E-state index is 12.5. The molecule has 0 amide bonds. The molecule has 0 aromatic heterocycles. The second kappa shape index (κ2) is 7.13. The zero-order valence-electron chi connectivity index (χ0n) is 17.9. The maximum Gasteiger partial charge on any atom is 0.309 e. The van der Waals surface area contributed by atoms with Gasteiger partial charge >= 0.3 is 5.97 Å². The second-order valence-corrected chi connectivity index (χ2v) is 11.2. The normalized spacial score (nSPS) is 50.2. The molecule has 0 heterocycles. The van der Waals surface area contributed by atoms with Crippen LogP contribution in [0, 0.1) is 52.8 Å². The lowest BCUT2D eigenvalue weighted by molar-refractivity contribution is -0.163. The molecular formula is C25H37NO3. The number of hydrogen-bond donors (Lipinski definition) is 2. The van der Waals surface area contributed by atoms with E-state index in [-0.39, 0.29) is 0 Å². The first-order chi connectivity index (χ1) is 14.0. The summed E-state index contributed by atoms with van der Waals surface area (Å²) in [6.07, 6.45) is 12.1. The summed E-state index contributed by atoms with van der Waals surface area (Å²) in [6.45, 7) is 6.41. The zero-order valence-corrected chi connectivity index (χ0v) is 17.9. The molecule has 0 radical (unpaired) electrons. The molecule has 2 N–H and O–H groups in total. The van der Waals surface area contributed by atoms with E-state index < -0.39 is 11.4 Å². The van der Waals surface area contributed by atoms with Crippen molar-refractivity contribution in [1.29, 1.82) is 0 Å². The topological polar surface area (TPSA) is 69.9 Å². The molecule has 4 nitrogen and oxygen atoms in total. The first-order valence-electron chi connectivity index (χ1n) is 12.0. The van der Waals surface area contributed by atoms with E-state index in [1.54, 1.807) is 0 Å². The van der Waals surface area contributed by atoms with Gasteiger partial charge in [0.05, 0.1) is 11.1 Å². The van der Waals surface area contributed by atoms with Gasteiger partial charge in [0.25, 0.3) is 0 Å². The van der Waals surface area contributed by atoms with Gasteiger partial charge in [-0.25, -0.2) is 0 Å². The van der Waals surface area contributed by atoms with Crippen molar-refractivity contribution >= 4 is 11.7 Å². The summed E-state index contributed by atoms with van der Waals surface area (Å²) in [4.78, 5) is 12.5. The predicted molar refractivity (Wildman–Crippen MR) is 113 cm³/mol. The summed E-state index contributed by atoms with van der Waals surface area (Å²) in [6, 6.07) is 0. The summed E-state index contributed by atoms with van der Waals surface area (Å²) in [7, 11) is 0. The van der Waals surface area contributed by atoms with Crippen LogP contribution in [-0.2, 0) is 4.79 Å². The van der Waals surface area contributed by atoms with E-state index in [0.29, 0.717) is 23.7 Å². The van der Waals surface area contributed by atoms with Crippen molar-refractivity contribution in [2.24, 2.45) is 57.9 Å². The van der Waals surface area contributed by atoms with E-state index in [4.69, 9.17) is 0 Å². The number of oxime groups is 1. The average molecular weight is 400 g/mol. The number of carboxylic acid groups (broad SMARTS) is 1. The standard InChI is InChI=1S/C25H37NO3/c1-14(2)17-9-11-25(24(27)28)12-10-21-20-5-3-15-13-16(26-29)4-6-18(15)19(20)7-8-22(21)23(17)25/h15,17-23,29H,1,3-13H2,2H3,(H,27,28)/b26-16+/t15?,17?,18-,19?,20+,21-,22?,23?,25?/m0/s1. The van der Waals surface area contributed by atoms with Gasteiger partial charge in [-0.05, 0) is 125 Å². The van der Waals surface area contributed by atoms with Gasteiger partial charge in [0.15, 0.2) is 0 Å². The van der Waals surface area contributed by atoms with Crippen LogP contribution in [0.15, 0.2) is 17.3 Å². The van der Waals surface area contributed by atoms with E-state index in [1.807, 2.05) is 0 Å². The van der Waals surface area contributed by atoms with Crippen molar-refractivity contribution in [2.45, 2.75) is 77.6 Å². The highest BCUT2D eigenvalue weighted by Gasteiger charge is 2.62. The van der Waals surface area contributed by atoms with Gasteiger partial charge < -0.3 is 10.3 Å². The number of nitrogens with zero attached hydrogens (tertiary/aromatic N) is 1. The van der Waals surface area contributed by atoms with Crippen LogP contribution in [0.25, 0.3) is 0 Å². The Morgan fingerprint density at radius 1 is 0.966 bits per heavy atom. The van der Waals surface area contributed by atoms with E-state index >= 15 is 0 Å². The molecule has 0 spiro atoms. The number of carboxylic acids is 1. The fraction of sp³-hybridized carbons (Fsp3) is 0.840. The molecule has 29 heavy (non-hydrogen) atoms. The number of aliphatic carboxylic acids is 1. The lowest BCUT2D eigenvalue weighted by atomic mass is 9.46. The van der Waals surface area contributed by atoms with Gasteiger partial charge in [0.1, 0.15) is 0 Å². The summed E-state index contributed by atoms with van der Waals surface area (Å²) in [5.41, 5.74) is 1.75. The molecule has 4 heteroatoms. The highest BCUT2D eigenvalue weighted by molar-refractivity contribution is 5.84. The molecule has 0 aromatic rings. The van der Waals surface area contributed by atoms with Gasteiger partial charge in [-0.15, -0.1) is 0 Å². The molecule has 5 aliphatic rings. The third kappa shape index (κ3) is 2.84. The van der Waals surface area contributed by atoms with Crippen LogP contribution in [0.2, 0.25) is 0 Å². The van der Waals surface area contributed by atoms with E-state index in [2.05, 4.69) is 18.7 Å². The van der Waals surface area contributed by atoms with Gasteiger partial charge in [-0.3, -0.25) is 4.79 Å². The minimum Gasteiger partial charge on any atom is -0.481 e. The minimum absolute atomic E-state index is 0.314. The largest absolute Gasteiger partial charge is 0.481 e. The number of rotatable bonds is 2. The second-order valence-electron chi connectivity index (χ2n) is 11.2. The molecule has 0 bridgehead atoms. The molecular weight excluding hydrogens is 362 g/mol. The van der Waals surface area contributed by atoms with E-state index in [1.165, 1.54) is 37.7 Å². The molecule has 5 rings (SSSR count). The molecule has 6 unspecified atom stereocenters. The fourth-order valence-corrected chi connectivity index (χ4v) is 9.26. The number of hydrogen-bond acceptors (Lipinski definition) is 3. The molecule has 5 fully saturated rings. The number of allylic oxidation sites excluding steroid dienone is 1. The van der Waals surface area contributed by atoms with Crippen LogP contribution < -0.4 is 0 Å². The Bertz CT molecular complexity index is 730. The number of fused-ring (bicyclic) bond motifs is 7. The van der Waals surface area contributed by atoms with Crippen LogP contribution in [0.1, 0.15) is 77.6 Å². The van der Waals surface area contributed by atoms with Crippen LogP contribution in [0.5, 0.6) is 0 Å². The van der Waals surface area contributed by atoms with Crippen molar-refractivity contribution < 1.29 is 15.1 Å². The van der Waals surface area contributed by atoms with Gasteiger partial charge in [-0.1, -0.05) is 17.3 Å². The predicted octanol–water partition coefficient (Wildman–Crippen LogP) is 5.75. The van der Waals surface area contributed by atoms with Crippen molar-refractivity contribution in [3.05, 3.63) is 12.2 Å². The summed E-state index contributed by atoms with van der Waals surface area (Å²) < 4.78 is 0. The van der Waals surface area contributed by atoms with Crippen LogP contribution in [0.4, 0.5) is 0 Å². The molecule has 160 valence electrons. The van der Waals surface area contributed by atoms with Crippen LogP contribution >= 0.6 is 0 Å². The Morgan fingerprint density at radius 2 is 1.62 bits per heavy atom. The fourth-order valence-electron chi connectivity index (χ4n) is 9.26. The van der Waals surface area contributed by atoms with Crippen LogP contribution in [0.3, 0.4) is 0 Å². The quantitative estimate of drug-likeness (QED) is 0.353. The Balaban J connectivity index is 1.41. The van der Waals surface area contributed by atoms with Gasteiger partial charge in [-0.2, -0.15) is 0 Å². The van der Waals surface area contributed by atoms with Crippen molar-refractivity contribution in [3.63, 3.8) is 0 Å². The van der Waals surface area contributed by atoms with Crippen molar-refractivity contribution in [3.8, 4) is 0 Å².